The van der Waals surface area contributed by atoms with E-state index in [9.17, 15) is 0 Å². The Balaban J connectivity index is 1.72. The van der Waals surface area contributed by atoms with Gasteiger partial charge in [0.25, 0.3) is 0 Å². The summed E-state index contributed by atoms with van der Waals surface area (Å²) in [6, 6.07) is 4.91. The molecule has 0 aromatic carbocycles. The van der Waals surface area contributed by atoms with Gasteiger partial charge in [-0.15, -0.1) is 11.3 Å². The van der Waals surface area contributed by atoms with E-state index in [4.69, 9.17) is 9.47 Å². The molecule has 0 radical (unpaired) electrons. The Bertz CT molecular complexity index is 401. The minimum Gasteiger partial charge on any atom is -0.378 e. The number of rotatable bonds is 5. The fraction of sp³-hybridized carbons (Fsp3) is 0.750. The van der Waals surface area contributed by atoms with Crippen LogP contribution in [0.5, 0.6) is 0 Å². The van der Waals surface area contributed by atoms with Crippen molar-refractivity contribution in [2.75, 3.05) is 26.4 Å². The molecular weight excluding hydrogens is 270 g/mol. The van der Waals surface area contributed by atoms with Crippen molar-refractivity contribution in [1.82, 2.24) is 5.32 Å². The van der Waals surface area contributed by atoms with Gasteiger partial charge in [0.2, 0.25) is 0 Å². The van der Waals surface area contributed by atoms with E-state index in [2.05, 4.69) is 29.8 Å². The summed E-state index contributed by atoms with van der Waals surface area (Å²) in [5, 5.41) is 5.95. The van der Waals surface area contributed by atoms with Gasteiger partial charge in [-0.1, -0.05) is 13.0 Å². The molecule has 3 nitrogen and oxygen atoms in total. The molecule has 2 aliphatic rings. The van der Waals surface area contributed by atoms with Crippen molar-refractivity contribution < 1.29 is 9.47 Å². The Morgan fingerprint density at radius 1 is 1.50 bits per heavy atom. The molecule has 1 aromatic heterocycles. The van der Waals surface area contributed by atoms with Crippen molar-refractivity contribution >= 4 is 11.3 Å². The zero-order valence-electron chi connectivity index (χ0n) is 12.3. The van der Waals surface area contributed by atoms with Crippen LogP contribution in [0.2, 0.25) is 0 Å². The van der Waals surface area contributed by atoms with Gasteiger partial charge in [-0.05, 0) is 43.2 Å². The van der Waals surface area contributed by atoms with Gasteiger partial charge in [-0.3, -0.25) is 0 Å². The molecule has 2 saturated heterocycles. The first-order valence-corrected chi connectivity index (χ1v) is 8.69. The third kappa shape index (κ3) is 3.08. The maximum Gasteiger partial charge on any atom is 0.0940 e. The Morgan fingerprint density at radius 2 is 2.45 bits per heavy atom. The Hall–Kier alpha value is -0.420. The predicted molar refractivity (Wildman–Crippen MR) is 82.2 cm³/mol. The van der Waals surface area contributed by atoms with Gasteiger partial charge in [0, 0.05) is 30.6 Å². The van der Waals surface area contributed by atoms with Gasteiger partial charge in [-0.25, -0.2) is 0 Å². The quantitative estimate of drug-likeness (QED) is 0.903. The average molecular weight is 295 g/mol. The SMILES string of the molecule is CCCNC(c1cccs1)C1CCOC2(CCOC2)C1. The number of hydrogen-bond donors (Lipinski definition) is 1. The zero-order valence-corrected chi connectivity index (χ0v) is 13.1. The largest absolute Gasteiger partial charge is 0.378 e. The van der Waals surface area contributed by atoms with Gasteiger partial charge in [0.15, 0.2) is 0 Å². The molecule has 0 bridgehead atoms. The number of nitrogens with one attached hydrogen (secondary N) is 1. The van der Waals surface area contributed by atoms with E-state index in [1.54, 1.807) is 0 Å². The lowest BCUT2D eigenvalue weighted by molar-refractivity contribution is -0.103. The Kier molecular flexibility index (Phi) is 4.76. The highest BCUT2D eigenvalue weighted by molar-refractivity contribution is 7.10. The molecule has 3 heterocycles. The normalized spacial score (nSPS) is 31.8. The van der Waals surface area contributed by atoms with E-state index in [1.807, 2.05) is 11.3 Å². The molecule has 20 heavy (non-hydrogen) atoms. The van der Waals surface area contributed by atoms with Crippen molar-refractivity contribution in [2.45, 2.75) is 44.2 Å². The molecule has 3 atom stereocenters. The lowest BCUT2D eigenvalue weighted by Crippen LogP contribution is -2.44. The molecule has 3 unspecified atom stereocenters. The molecule has 0 saturated carbocycles. The van der Waals surface area contributed by atoms with Crippen LogP contribution in [0.3, 0.4) is 0 Å². The summed E-state index contributed by atoms with van der Waals surface area (Å²) >= 11 is 1.87. The van der Waals surface area contributed by atoms with Gasteiger partial charge >= 0.3 is 0 Å². The molecule has 2 fully saturated rings. The first-order valence-electron chi connectivity index (χ1n) is 7.81. The van der Waals surface area contributed by atoms with E-state index in [0.717, 1.165) is 45.6 Å². The zero-order chi connectivity index (χ0) is 13.8. The van der Waals surface area contributed by atoms with Gasteiger partial charge in [0.1, 0.15) is 0 Å². The number of ether oxygens (including phenoxy) is 2. The summed E-state index contributed by atoms with van der Waals surface area (Å²) in [5.74, 6) is 0.663. The Labute approximate surface area is 125 Å². The lowest BCUT2D eigenvalue weighted by atomic mass is 9.80. The molecule has 0 aliphatic carbocycles. The van der Waals surface area contributed by atoms with Crippen LogP contribution in [0.1, 0.15) is 43.5 Å². The van der Waals surface area contributed by atoms with Crippen LogP contribution in [0, 0.1) is 5.92 Å². The summed E-state index contributed by atoms with van der Waals surface area (Å²) < 4.78 is 11.7. The third-order valence-corrected chi connectivity index (χ3v) is 5.49. The Morgan fingerprint density at radius 3 is 3.15 bits per heavy atom. The predicted octanol–water partition coefficient (Wildman–Crippen LogP) is 3.37. The van der Waals surface area contributed by atoms with E-state index >= 15 is 0 Å². The summed E-state index contributed by atoms with van der Waals surface area (Å²) in [5.41, 5.74) is 0.00627. The molecular formula is C16H25NO2S. The third-order valence-electron chi connectivity index (χ3n) is 4.53. The average Bonchev–Trinajstić information content (AvgIpc) is 3.12. The molecule has 3 rings (SSSR count). The molecule has 4 heteroatoms. The van der Waals surface area contributed by atoms with E-state index < -0.39 is 0 Å². The summed E-state index contributed by atoms with van der Waals surface area (Å²) in [6.45, 7) is 5.84. The topological polar surface area (TPSA) is 30.5 Å². The van der Waals surface area contributed by atoms with E-state index in [0.29, 0.717) is 12.0 Å². The second kappa shape index (κ2) is 6.56. The minimum atomic E-state index is 0.00627. The van der Waals surface area contributed by atoms with Crippen molar-refractivity contribution in [3.05, 3.63) is 22.4 Å². The lowest BCUT2D eigenvalue weighted by Gasteiger charge is -2.40. The highest BCUT2D eigenvalue weighted by atomic mass is 32.1. The second-order valence-corrected chi connectivity index (χ2v) is 7.01. The van der Waals surface area contributed by atoms with Crippen LogP contribution in [0.15, 0.2) is 17.5 Å². The number of hydrogen-bond acceptors (Lipinski definition) is 4. The smallest absolute Gasteiger partial charge is 0.0940 e. The molecule has 1 N–H and O–H groups in total. The monoisotopic (exact) mass is 295 g/mol. The van der Waals surface area contributed by atoms with E-state index in [-0.39, 0.29) is 5.60 Å². The van der Waals surface area contributed by atoms with Crippen LogP contribution in [-0.4, -0.2) is 32.0 Å². The van der Waals surface area contributed by atoms with Crippen molar-refractivity contribution in [1.29, 1.82) is 0 Å². The highest BCUT2D eigenvalue weighted by Gasteiger charge is 2.43. The summed E-state index contributed by atoms with van der Waals surface area (Å²) in [4.78, 5) is 1.47. The maximum absolute atomic E-state index is 6.08. The molecule has 1 aromatic rings. The second-order valence-electron chi connectivity index (χ2n) is 6.03. The van der Waals surface area contributed by atoms with Gasteiger partial charge in [0.05, 0.1) is 12.2 Å². The highest BCUT2D eigenvalue weighted by Crippen LogP contribution is 2.41. The van der Waals surface area contributed by atoms with Crippen LogP contribution in [-0.2, 0) is 9.47 Å². The van der Waals surface area contributed by atoms with Crippen LogP contribution in [0.25, 0.3) is 0 Å². The summed E-state index contributed by atoms with van der Waals surface area (Å²) in [7, 11) is 0. The first-order chi connectivity index (χ1) is 9.83. The van der Waals surface area contributed by atoms with Crippen molar-refractivity contribution in [3.8, 4) is 0 Å². The van der Waals surface area contributed by atoms with Crippen LogP contribution < -0.4 is 5.32 Å². The molecule has 2 aliphatic heterocycles. The van der Waals surface area contributed by atoms with Crippen molar-refractivity contribution in [3.63, 3.8) is 0 Å². The standard InChI is InChI=1S/C16H25NO2S/c1-2-7-17-15(14-4-3-10-20-14)13-5-8-19-16(11-13)6-9-18-12-16/h3-4,10,13,15,17H,2,5-9,11-12H2,1H3. The van der Waals surface area contributed by atoms with Crippen LogP contribution >= 0.6 is 11.3 Å². The van der Waals surface area contributed by atoms with Gasteiger partial charge < -0.3 is 14.8 Å². The van der Waals surface area contributed by atoms with Gasteiger partial charge in [-0.2, -0.15) is 0 Å². The summed E-state index contributed by atoms with van der Waals surface area (Å²) in [6.07, 6.45) is 4.53. The van der Waals surface area contributed by atoms with E-state index in [1.165, 1.54) is 11.3 Å². The fourth-order valence-electron chi connectivity index (χ4n) is 3.48. The maximum atomic E-state index is 6.08. The number of thiophene rings is 1. The first kappa shape index (κ1) is 14.5. The van der Waals surface area contributed by atoms with Crippen molar-refractivity contribution in [2.24, 2.45) is 5.92 Å². The van der Waals surface area contributed by atoms with Crippen LogP contribution in [0.4, 0.5) is 0 Å². The minimum absolute atomic E-state index is 0.00627. The fourth-order valence-corrected chi connectivity index (χ4v) is 4.37. The molecule has 1 spiro atoms. The molecule has 0 amide bonds. The molecule has 112 valence electrons.